The molecule has 1 N–H and O–H groups in total. The standard InChI is InChI=1S/C16H29N3S/c1-3-10-17-15(13-20-4-2)12-14-9-11-19(18-14)16-7-5-6-8-16/h9,11,15-17H,3-8,10,12-13H2,1-2H3. The molecule has 0 amide bonds. The van der Waals surface area contributed by atoms with E-state index in [1.807, 2.05) is 11.8 Å². The summed E-state index contributed by atoms with van der Waals surface area (Å²) in [4.78, 5) is 0. The Labute approximate surface area is 127 Å². The second-order valence-electron chi connectivity index (χ2n) is 5.74. The number of nitrogens with one attached hydrogen (secondary N) is 1. The molecular weight excluding hydrogens is 266 g/mol. The molecule has 0 aromatic carbocycles. The summed E-state index contributed by atoms with van der Waals surface area (Å²) in [7, 11) is 0. The van der Waals surface area contributed by atoms with Crippen molar-refractivity contribution in [2.24, 2.45) is 0 Å². The highest BCUT2D eigenvalue weighted by Gasteiger charge is 2.18. The van der Waals surface area contributed by atoms with Crippen molar-refractivity contribution >= 4 is 11.8 Å². The summed E-state index contributed by atoms with van der Waals surface area (Å²) in [6.45, 7) is 5.57. The smallest absolute Gasteiger partial charge is 0.0640 e. The molecular formula is C16H29N3S. The van der Waals surface area contributed by atoms with Crippen LogP contribution in [0.1, 0.15) is 57.7 Å². The quantitative estimate of drug-likeness (QED) is 0.754. The molecule has 1 saturated carbocycles. The predicted octanol–water partition coefficient (Wildman–Crippen LogP) is 3.66. The van der Waals surface area contributed by atoms with Gasteiger partial charge in [-0.15, -0.1) is 0 Å². The van der Waals surface area contributed by atoms with Crippen LogP contribution in [0.3, 0.4) is 0 Å². The van der Waals surface area contributed by atoms with Gasteiger partial charge in [0.05, 0.1) is 11.7 Å². The largest absolute Gasteiger partial charge is 0.313 e. The molecule has 1 unspecified atom stereocenters. The Morgan fingerprint density at radius 3 is 2.90 bits per heavy atom. The third kappa shape index (κ3) is 4.81. The summed E-state index contributed by atoms with van der Waals surface area (Å²) < 4.78 is 2.21. The summed E-state index contributed by atoms with van der Waals surface area (Å²) in [5, 5.41) is 8.48. The van der Waals surface area contributed by atoms with Crippen molar-refractivity contribution in [3.05, 3.63) is 18.0 Å². The van der Waals surface area contributed by atoms with Crippen LogP contribution in [-0.4, -0.2) is 33.9 Å². The van der Waals surface area contributed by atoms with Crippen molar-refractivity contribution in [1.29, 1.82) is 0 Å². The van der Waals surface area contributed by atoms with Gasteiger partial charge in [-0.1, -0.05) is 26.7 Å². The Kier molecular flexibility index (Phi) is 6.94. The first-order valence-electron chi connectivity index (χ1n) is 8.18. The summed E-state index contributed by atoms with van der Waals surface area (Å²) in [6, 6.07) is 3.44. The van der Waals surface area contributed by atoms with E-state index in [1.54, 1.807) is 0 Å². The summed E-state index contributed by atoms with van der Waals surface area (Å²) in [5.41, 5.74) is 1.25. The number of rotatable bonds is 9. The van der Waals surface area contributed by atoms with E-state index in [4.69, 9.17) is 5.10 Å². The van der Waals surface area contributed by atoms with Crippen molar-refractivity contribution < 1.29 is 0 Å². The van der Waals surface area contributed by atoms with Gasteiger partial charge in [-0.3, -0.25) is 4.68 Å². The summed E-state index contributed by atoms with van der Waals surface area (Å²) in [6.07, 6.45) is 9.81. The van der Waals surface area contributed by atoms with Crippen molar-refractivity contribution in [3.63, 3.8) is 0 Å². The van der Waals surface area contributed by atoms with Gasteiger partial charge in [0, 0.05) is 24.4 Å². The second kappa shape index (κ2) is 8.73. The predicted molar refractivity (Wildman–Crippen MR) is 88.5 cm³/mol. The third-order valence-electron chi connectivity index (χ3n) is 4.02. The Hall–Kier alpha value is -0.480. The number of aromatic nitrogens is 2. The first-order valence-corrected chi connectivity index (χ1v) is 9.34. The van der Waals surface area contributed by atoms with Crippen LogP contribution in [0.15, 0.2) is 12.3 Å². The van der Waals surface area contributed by atoms with Crippen molar-refractivity contribution in [3.8, 4) is 0 Å². The van der Waals surface area contributed by atoms with Crippen LogP contribution in [0.2, 0.25) is 0 Å². The highest BCUT2D eigenvalue weighted by atomic mass is 32.2. The summed E-state index contributed by atoms with van der Waals surface area (Å²) in [5.74, 6) is 2.38. The maximum absolute atomic E-state index is 4.82. The Balaban J connectivity index is 1.87. The second-order valence-corrected chi connectivity index (χ2v) is 7.06. The van der Waals surface area contributed by atoms with Crippen LogP contribution in [0.4, 0.5) is 0 Å². The molecule has 0 radical (unpaired) electrons. The van der Waals surface area contributed by atoms with E-state index < -0.39 is 0 Å². The molecule has 1 aromatic heterocycles. The minimum Gasteiger partial charge on any atom is -0.313 e. The van der Waals surface area contributed by atoms with Crippen LogP contribution in [0.5, 0.6) is 0 Å². The monoisotopic (exact) mass is 295 g/mol. The van der Waals surface area contributed by atoms with Gasteiger partial charge < -0.3 is 5.32 Å². The number of nitrogens with zero attached hydrogens (tertiary/aromatic N) is 2. The van der Waals surface area contributed by atoms with Gasteiger partial charge in [0.15, 0.2) is 0 Å². The lowest BCUT2D eigenvalue weighted by Gasteiger charge is -2.17. The number of hydrogen-bond acceptors (Lipinski definition) is 3. The van der Waals surface area contributed by atoms with Crippen LogP contribution in [0, 0.1) is 0 Å². The molecule has 0 spiro atoms. The molecule has 1 aromatic rings. The fourth-order valence-corrected chi connectivity index (χ4v) is 3.67. The van der Waals surface area contributed by atoms with Crippen LogP contribution in [0.25, 0.3) is 0 Å². The zero-order valence-corrected chi connectivity index (χ0v) is 13.8. The van der Waals surface area contributed by atoms with E-state index in [-0.39, 0.29) is 0 Å². The minimum atomic E-state index is 0.562. The molecule has 3 nitrogen and oxygen atoms in total. The highest BCUT2D eigenvalue weighted by molar-refractivity contribution is 7.99. The molecule has 1 aliphatic carbocycles. The average Bonchev–Trinajstić information content (AvgIpc) is 3.12. The van der Waals surface area contributed by atoms with Crippen LogP contribution in [-0.2, 0) is 6.42 Å². The lowest BCUT2D eigenvalue weighted by Crippen LogP contribution is -2.34. The fraction of sp³-hybridized carbons (Fsp3) is 0.812. The Bertz CT molecular complexity index is 364. The van der Waals surface area contributed by atoms with Crippen molar-refractivity contribution in [2.75, 3.05) is 18.1 Å². The minimum absolute atomic E-state index is 0.562. The van der Waals surface area contributed by atoms with Gasteiger partial charge in [-0.25, -0.2) is 0 Å². The normalized spacial score (nSPS) is 17.7. The maximum Gasteiger partial charge on any atom is 0.0640 e. The molecule has 1 fully saturated rings. The molecule has 20 heavy (non-hydrogen) atoms. The maximum atomic E-state index is 4.82. The van der Waals surface area contributed by atoms with E-state index in [2.05, 4.69) is 36.1 Å². The zero-order valence-electron chi connectivity index (χ0n) is 13.0. The fourth-order valence-electron chi connectivity index (χ4n) is 2.91. The Morgan fingerprint density at radius 2 is 2.20 bits per heavy atom. The topological polar surface area (TPSA) is 29.9 Å². The zero-order chi connectivity index (χ0) is 14.2. The Morgan fingerprint density at radius 1 is 1.40 bits per heavy atom. The van der Waals surface area contributed by atoms with Gasteiger partial charge >= 0.3 is 0 Å². The molecule has 0 bridgehead atoms. The lowest BCUT2D eigenvalue weighted by atomic mass is 10.2. The third-order valence-corrected chi connectivity index (χ3v) is 5.07. The average molecular weight is 295 g/mol. The lowest BCUT2D eigenvalue weighted by molar-refractivity contribution is 0.458. The van der Waals surface area contributed by atoms with E-state index in [1.165, 1.54) is 49.3 Å². The molecule has 0 saturated heterocycles. The van der Waals surface area contributed by atoms with Crippen LogP contribution >= 0.6 is 11.8 Å². The van der Waals surface area contributed by atoms with Gasteiger partial charge in [0.2, 0.25) is 0 Å². The number of thioether (sulfide) groups is 1. The van der Waals surface area contributed by atoms with Gasteiger partial charge in [-0.05, 0) is 37.6 Å². The molecule has 4 heteroatoms. The molecule has 1 aliphatic rings. The van der Waals surface area contributed by atoms with Gasteiger partial charge in [0.1, 0.15) is 0 Å². The molecule has 114 valence electrons. The van der Waals surface area contributed by atoms with E-state index in [9.17, 15) is 0 Å². The van der Waals surface area contributed by atoms with Crippen molar-refractivity contribution in [2.45, 2.75) is 64.5 Å². The van der Waals surface area contributed by atoms with Crippen LogP contribution < -0.4 is 5.32 Å². The first-order chi connectivity index (χ1) is 9.83. The van der Waals surface area contributed by atoms with Gasteiger partial charge in [0.25, 0.3) is 0 Å². The van der Waals surface area contributed by atoms with E-state index in [0.717, 1.165) is 13.0 Å². The SMILES string of the molecule is CCCNC(CSCC)Cc1ccn(C2CCCC2)n1. The molecule has 0 aliphatic heterocycles. The molecule has 2 rings (SSSR count). The molecule has 1 heterocycles. The van der Waals surface area contributed by atoms with Gasteiger partial charge in [-0.2, -0.15) is 16.9 Å². The van der Waals surface area contributed by atoms with E-state index >= 15 is 0 Å². The number of hydrogen-bond donors (Lipinski definition) is 1. The van der Waals surface area contributed by atoms with Crippen molar-refractivity contribution in [1.82, 2.24) is 15.1 Å². The highest BCUT2D eigenvalue weighted by Crippen LogP contribution is 2.28. The summed E-state index contributed by atoms with van der Waals surface area (Å²) >= 11 is 2.02. The van der Waals surface area contributed by atoms with E-state index in [0.29, 0.717) is 12.1 Å². The molecule has 1 atom stereocenters. The first kappa shape index (κ1) is 15.9.